The second-order valence-electron chi connectivity index (χ2n) is 4.24. The summed E-state index contributed by atoms with van der Waals surface area (Å²) in [4.78, 5) is 19.4. The molecule has 1 N–H and O–H groups in total. The van der Waals surface area contributed by atoms with Crippen LogP contribution < -0.4 is 4.74 Å². The average molecular weight is 301 g/mol. The van der Waals surface area contributed by atoms with Crippen LogP contribution in [-0.2, 0) is 0 Å². The molecule has 3 rings (SSSR count). The van der Waals surface area contributed by atoms with Gasteiger partial charge in [0.25, 0.3) is 5.88 Å². The lowest BCUT2D eigenvalue weighted by Gasteiger charge is -2.07. The van der Waals surface area contributed by atoms with Crippen molar-refractivity contribution in [2.24, 2.45) is 0 Å². The van der Waals surface area contributed by atoms with E-state index in [9.17, 15) is 4.79 Å². The van der Waals surface area contributed by atoms with Crippen LogP contribution in [0.15, 0.2) is 48.5 Å². The highest BCUT2D eigenvalue weighted by Crippen LogP contribution is 2.28. The van der Waals surface area contributed by atoms with Crippen molar-refractivity contribution in [2.45, 2.75) is 0 Å². The Balaban J connectivity index is 1.99. The van der Waals surface area contributed by atoms with Gasteiger partial charge in [0.2, 0.25) is 0 Å². The van der Waals surface area contributed by atoms with E-state index in [0.717, 1.165) is 0 Å². The van der Waals surface area contributed by atoms with Crippen molar-refractivity contribution in [1.82, 2.24) is 9.97 Å². The van der Waals surface area contributed by atoms with E-state index in [1.165, 1.54) is 12.1 Å². The average Bonchev–Trinajstić information content (AvgIpc) is 2.48. The molecule has 5 nitrogen and oxygen atoms in total. The van der Waals surface area contributed by atoms with Crippen LogP contribution in [0.4, 0.5) is 0 Å². The Hall–Kier alpha value is -2.66. The Morgan fingerprint density at radius 3 is 2.48 bits per heavy atom. The molecule has 0 atom stereocenters. The number of para-hydroxylation sites is 2. The minimum absolute atomic E-state index is 0.120. The molecule has 1 heterocycles. The molecule has 0 aliphatic carbocycles. The molecule has 0 aliphatic rings. The van der Waals surface area contributed by atoms with Gasteiger partial charge in [-0.15, -0.1) is 0 Å². The maximum absolute atomic E-state index is 10.9. The second-order valence-corrected chi connectivity index (χ2v) is 4.60. The number of ether oxygens (including phenoxy) is 1. The molecule has 6 heteroatoms. The molecule has 0 spiro atoms. The van der Waals surface area contributed by atoms with Crippen LogP contribution >= 0.6 is 11.6 Å². The lowest BCUT2D eigenvalue weighted by Crippen LogP contribution is -1.97. The van der Waals surface area contributed by atoms with E-state index in [1.54, 1.807) is 24.3 Å². The number of carboxylic acids is 1. The van der Waals surface area contributed by atoms with E-state index in [1.807, 2.05) is 12.1 Å². The van der Waals surface area contributed by atoms with Crippen LogP contribution in [0.25, 0.3) is 11.0 Å². The van der Waals surface area contributed by atoms with Crippen molar-refractivity contribution in [3.8, 4) is 11.6 Å². The minimum atomic E-state index is -1.03. The van der Waals surface area contributed by atoms with Crippen molar-refractivity contribution in [1.29, 1.82) is 0 Å². The smallest absolute Gasteiger partial charge is 0.335 e. The van der Waals surface area contributed by atoms with Crippen LogP contribution in [0.3, 0.4) is 0 Å². The van der Waals surface area contributed by atoms with Crippen molar-refractivity contribution < 1.29 is 14.6 Å². The summed E-state index contributed by atoms with van der Waals surface area (Å²) < 4.78 is 5.54. The van der Waals surface area contributed by atoms with E-state index in [-0.39, 0.29) is 16.6 Å². The van der Waals surface area contributed by atoms with Gasteiger partial charge in [-0.25, -0.2) is 14.8 Å². The van der Waals surface area contributed by atoms with E-state index >= 15 is 0 Å². The zero-order valence-electron chi connectivity index (χ0n) is 10.7. The van der Waals surface area contributed by atoms with E-state index < -0.39 is 5.97 Å². The number of carbonyl (C=O) groups is 1. The van der Waals surface area contributed by atoms with Gasteiger partial charge in [-0.3, -0.25) is 0 Å². The Labute approximate surface area is 124 Å². The highest BCUT2D eigenvalue weighted by Gasteiger charge is 2.10. The first-order chi connectivity index (χ1) is 10.1. The predicted octanol–water partition coefficient (Wildman–Crippen LogP) is 3.77. The summed E-state index contributed by atoms with van der Waals surface area (Å²) in [5, 5.41) is 9.08. The van der Waals surface area contributed by atoms with Crippen LogP contribution in [0.1, 0.15) is 10.4 Å². The SMILES string of the molecule is O=C(O)c1cccc(Oc2nc3ccccc3nc2Cl)c1. The zero-order chi connectivity index (χ0) is 14.8. The number of hydrogen-bond donors (Lipinski definition) is 1. The molecule has 0 unspecified atom stereocenters. The van der Waals surface area contributed by atoms with Crippen molar-refractivity contribution in [3.63, 3.8) is 0 Å². The highest BCUT2D eigenvalue weighted by atomic mass is 35.5. The summed E-state index contributed by atoms with van der Waals surface area (Å²) in [5.41, 5.74) is 1.43. The maximum atomic E-state index is 10.9. The third kappa shape index (κ3) is 2.78. The molecule has 0 radical (unpaired) electrons. The van der Waals surface area contributed by atoms with Crippen LogP contribution in [-0.4, -0.2) is 21.0 Å². The Morgan fingerprint density at radius 2 is 1.76 bits per heavy atom. The maximum Gasteiger partial charge on any atom is 0.335 e. The lowest BCUT2D eigenvalue weighted by atomic mass is 10.2. The van der Waals surface area contributed by atoms with E-state index in [0.29, 0.717) is 16.8 Å². The minimum Gasteiger partial charge on any atom is -0.478 e. The van der Waals surface area contributed by atoms with E-state index in [4.69, 9.17) is 21.4 Å². The number of aromatic nitrogens is 2. The van der Waals surface area contributed by atoms with Gasteiger partial charge < -0.3 is 9.84 Å². The number of benzene rings is 2. The molecule has 0 amide bonds. The molecule has 1 aromatic heterocycles. The van der Waals surface area contributed by atoms with Gasteiger partial charge in [0, 0.05) is 0 Å². The first-order valence-electron chi connectivity index (χ1n) is 6.07. The van der Waals surface area contributed by atoms with Gasteiger partial charge in [-0.05, 0) is 30.3 Å². The van der Waals surface area contributed by atoms with E-state index in [2.05, 4.69) is 9.97 Å². The first kappa shape index (κ1) is 13.3. The second kappa shape index (κ2) is 5.38. The standard InChI is InChI=1S/C15H9ClN2O3/c16-13-14(18-12-7-2-1-6-11(12)17-13)21-10-5-3-4-9(8-10)15(19)20/h1-8H,(H,19,20). The third-order valence-electron chi connectivity index (χ3n) is 2.79. The molecule has 0 bridgehead atoms. The van der Waals surface area contributed by atoms with Gasteiger partial charge in [0.05, 0.1) is 16.6 Å². The van der Waals surface area contributed by atoms with Gasteiger partial charge in [0.15, 0.2) is 5.15 Å². The summed E-state index contributed by atoms with van der Waals surface area (Å²) in [6.45, 7) is 0. The normalized spacial score (nSPS) is 10.5. The summed E-state index contributed by atoms with van der Waals surface area (Å²) in [6, 6.07) is 13.3. The van der Waals surface area contributed by atoms with Crippen LogP contribution in [0.5, 0.6) is 11.6 Å². The third-order valence-corrected chi connectivity index (χ3v) is 3.04. The van der Waals surface area contributed by atoms with Gasteiger partial charge in [-0.1, -0.05) is 29.8 Å². The van der Waals surface area contributed by atoms with Gasteiger partial charge in [0.1, 0.15) is 5.75 Å². The first-order valence-corrected chi connectivity index (χ1v) is 6.45. The topological polar surface area (TPSA) is 72.3 Å². The monoisotopic (exact) mass is 300 g/mol. The number of rotatable bonds is 3. The van der Waals surface area contributed by atoms with Crippen LogP contribution in [0, 0.1) is 0 Å². The lowest BCUT2D eigenvalue weighted by molar-refractivity contribution is 0.0696. The number of carboxylic acid groups (broad SMARTS) is 1. The number of nitrogens with zero attached hydrogens (tertiary/aromatic N) is 2. The summed E-state index contributed by atoms with van der Waals surface area (Å²) in [5.74, 6) is -0.560. The number of aromatic carboxylic acids is 1. The fourth-order valence-electron chi connectivity index (χ4n) is 1.83. The molecule has 0 saturated heterocycles. The highest BCUT2D eigenvalue weighted by molar-refractivity contribution is 6.31. The fraction of sp³-hybridized carbons (Fsp3) is 0. The molecule has 0 fully saturated rings. The molecule has 2 aromatic carbocycles. The Kier molecular flexibility index (Phi) is 3.41. The number of hydrogen-bond acceptors (Lipinski definition) is 4. The molecule has 0 saturated carbocycles. The number of halogens is 1. The van der Waals surface area contributed by atoms with Crippen molar-refractivity contribution in [2.75, 3.05) is 0 Å². The largest absolute Gasteiger partial charge is 0.478 e. The molecule has 104 valence electrons. The van der Waals surface area contributed by atoms with Crippen molar-refractivity contribution in [3.05, 3.63) is 59.2 Å². The fourth-order valence-corrected chi connectivity index (χ4v) is 2.00. The Morgan fingerprint density at radius 1 is 1.05 bits per heavy atom. The Bertz CT molecular complexity index is 836. The molecular weight excluding hydrogens is 292 g/mol. The molecule has 3 aromatic rings. The molecular formula is C15H9ClN2O3. The molecule has 21 heavy (non-hydrogen) atoms. The van der Waals surface area contributed by atoms with Gasteiger partial charge in [-0.2, -0.15) is 0 Å². The predicted molar refractivity (Wildman–Crippen MR) is 78.0 cm³/mol. The van der Waals surface area contributed by atoms with Crippen LogP contribution in [0.2, 0.25) is 5.15 Å². The summed E-state index contributed by atoms with van der Waals surface area (Å²) in [7, 11) is 0. The molecule has 0 aliphatic heterocycles. The number of fused-ring (bicyclic) bond motifs is 1. The summed E-state index contributed by atoms with van der Waals surface area (Å²) >= 11 is 6.04. The van der Waals surface area contributed by atoms with Crippen molar-refractivity contribution >= 4 is 28.6 Å². The quantitative estimate of drug-likeness (QED) is 0.797. The summed E-state index contributed by atoms with van der Waals surface area (Å²) in [6.07, 6.45) is 0. The zero-order valence-corrected chi connectivity index (χ0v) is 11.4. The van der Waals surface area contributed by atoms with Gasteiger partial charge >= 0.3 is 5.97 Å².